The first-order chi connectivity index (χ1) is 7.52. The predicted octanol–water partition coefficient (Wildman–Crippen LogP) is 2.77. The van der Waals surface area contributed by atoms with Gasteiger partial charge in [-0.05, 0) is 37.5 Å². The van der Waals surface area contributed by atoms with Gasteiger partial charge in [0.05, 0.1) is 12.0 Å². The molecule has 0 fully saturated rings. The number of pyridine rings is 1. The minimum Gasteiger partial charge on any atom is -0.462 e. The number of ether oxygens (including phenoxy) is 1. The van der Waals surface area contributed by atoms with Crippen LogP contribution >= 0.6 is 0 Å². The van der Waals surface area contributed by atoms with E-state index in [1.165, 1.54) is 0 Å². The second kappa shape index (κ2) is 5.64. The van der Waals surface area contributed by atoms with Gasteiger partial charge in [-0.15, -0.1) is 0 Å². The summed E-state index contributed by atoms with van der Waals surface area (Å²) in [6.07, 6.45) is 3.33. The number of hydrogen-bond donors (Lipinski definition) is 0. The standard InChI is InChI=1S/C13H19NO2/c1-9(2)12(13(15)16-10(3)4)11-5-7-14-8-6-11/h5-10,12H,1-4H3. The van der Waals surface area contributed by atoms with Crippen molar-refractivity contribution in [3.8, 4) is 0 Å². The first-order valence-electron chi connectivity index (χ1n) is 5.62. The van der Waals surface area contributed by atoms with E-state index in [0.717, 1.165) is 5.56 Å². The molecular formula is C13H19NO2. The molecule has 1 aromatic heterocycles. The largest absolute Gasteiger partial charge is 0.462 e. The van der Waals surface area contributed by atoms with Crippen LogP contribution in [-0.4, -0.2) is 17.1 Å². The fourth-order valence-electron chi connectivity index (χ4n) is 1.67. The minimum atomic E-state index is -0.203. The Morgan fingerprint density at radius 2 is 1.75 bits per heavy atom. The lowest BCUT2D eigenvalue weighted by molar-refractivity contribution is -0.150. The Morgan fingerprint density at radius 3 is 2.19 bits per heavy atom. The predicted molar refractivity (Wildman–Crippen MR) is 63.0 cm³/mol. The van der Waals surface area contributed by atoms with Gasteiger partial charge in [-0.3, -0.25) is 9.78 Å². The topological polar surface area (TPSA) is 39.2 Å². The van der Waals surface area contributed by atoms with Crippen molar-refractivity contribution in [2.24, 2.45) is 5.92 Å². The zero-order chi connectivity index (χ0) is 12.1. The van der Waals surface area contributed by atoms with Crippen LogP contribution < -0.4 is 0 Å². The van der Waals surface area contributed by atoms with E-state index >= 15 is 0 Å². The zero-order valence-corrected chi connectivity index (χ0v) is 10.3. The maximum absolute atomic E-state index is 12.0. The first-order valence-corrected chi connectivity index (χ1v) is 5.62. The number of aromatic nitrogens is 1. The molecular weight excluding hydrogens is 202 g/mol. The number of carbonyl (C=O) groups excluding carboxylic acids is 1. The number of esters is 1. The van der Waals surface area contributed by atoms with Gasteiger partial charge in [-0.25, -0.2) is 0 Å². The van der Waals surface area contributed by atoms with Gasteiger partial charge in [0.25, 0.3) is 0 Å². The summed E-state index contributed by atoms with van der Waals surface area (Å²) in [6.45, 7) is 7.77. The molecule has 0 saturated heterocycles. The average Bonchev–Trinajstić information content (AvgIpc) is 2.17. The van der Waals surface area contributed by atoms with Crippen LogP contribution in [0.3, 0.4) is 0 Å². The molecule has 0 aliphatic carbocycles. The summed E-state index contributed by atoms with van der Waals surface area (Å²) in [5.74, 6) is -0.143. The average molecular weight is 221 g/mol. The van der Waals surface area contributed by atoms with Crippen LogP contribution in [0.2, 0.25) is 0 Å². The normalized spacial score (nSPS) is 12.9. The van der Waals surface area contributed by atoms with E-state index in [2.05, 4.69) is 4.98 Å². The molecule has 0 saturated carbocycles. The molecule has 1 unspecified atom stereocenters. The molecule has 0 amide bonds. The fraction of sp³-hybridized carbons (Fsp3) is 0.538. The second-order valence-electron chi connectivity index (χ2n) is 4.49. The lowest BCUT2D eigenvalue weighted by Gasteiger charge is -2.21. The number of rotatable bonds is 4. The summed E-state index contributed by atoms with van der Waals surface area (Å²) in [7, 11) is 0. The van der Waals surface area contributed by atoms with Gasteiger partial charge in [-0.2, -0.15) is 0 Å². The van der Waals surface area contributed by atoms with E-state index in [-0.39, 0.29) is 23.9 Å². The van der Waals surface area contributed by atoms with Crippen molar-refractivity contribution < 1.29 is 9.53 Å². The molecule has 3 heteroatoms. The summed E-state index contributed by atoms with van der Waals surface area (Å²) in [6, 6.07) is 3.73. The van der Waals surface area contributed by atoms with Crippen molar-refractivity contribution in [2.75, 3.05) is 0 Å². The quantitative estimate of drug-likeness (QED) is 0.734. The minimum absolute atomic E-state index is 0.0735. The highest BCUT2D eigenvalue weighted by atomic mass is 16.5. The number of nitrogens with zero attached hydrogens (tertiary/aromatic N) is 1. The van der Waals surface area contributed by atoms with Crippen LogP contribution in [0.4, 0.5) is 0 Å². The smallest absolute Gasteiger partial charge is 0.313 e. The highest BCUT2D eigenvalue weighted by Crippen LogP contribution is 2.25. The first kappa shape index (κ1) is 12.7. The third-order valence-corrected chi connectivity index (χ3v) is 2.34. The second-order valence-corrected chi connectivity index (χ2v) is 4.49. The third kappa shape index (κ3) is 3.33. The number of carbonyl (C=O) groups is 1. The van der Waals surface area contributed by atoms with E-state index in [0.29, 0.717) is 0 Å². The molecule has 1 aromatic rings. The SMILES string of the molecule is CC(C)OC(=O)C(c1ccncc1)C(C)C. The Balaban J connectivity index is 2.88. The molecule has 0 aliphatic heterocycles. The lowest BCUT2D eigenvalue weighted by atomic mass is 9.89. The van der Waals surface area contributed by atoms with Crippen LogP contribution in [0.25, 0.3) is 0 Å². The molecule has 0 radical (unpaired) electrons. The lowest BCUT2D eigenvalue weighted by Crippen LogP contribution is -2.23. The molecule has 1 heterocycles. The van der Waals surface area contributed by atoms with E-state index in [1.807, 2.05) is 39.8 Å². The van der Waals surface area contributed by atoms with Crippen LogP contribution in [0.15, 0.2) is 24.5 Å². The summed E-state index contributed by atoms with van der Waals surface area (Å²) in [4.78, 5) is 15.9. The maximum Gasteiger partial charge on any atom is 0.313 e. The highest BCUT2D eigenvalue weighted by molar-refractivity contribution is 5.78. The molecule has 1 rings (SSSR count). The molecule has 1 atom stereocenters. The van der Waals surface area contributed by atoms with Crippen molar-refractivity contribution >= 4 is 5.97 Å². The summed E-state index contributed by atoms with van der Waals surface area (Å²) in [5, 5.41) is 0. The highest BCUT2D eigenvalue weighted by Gasteiger charge is 2.26. The molecule has 88 valence electrons. The molecule has 0 N–H and O–H groups in total. The number of hydrogen-bond acceptors (Lipinski definition) is 3. The van der Waals surface area contributed by atoms with Crippen LogP contribution in [-0.2, 0) is 9.53 Å². The van der Waals surface area contributed by atoms with Gasteiger partial charge >= 0.3 is 5.97 Å². The Bertz CT molecular complexity index is 333. The van der Waals surface area contributed by atoms with Gasteiger partial charge in [0.15, 0.2) is 0 Å². The Morgan fingerprint density at radius 1 is 1.19 bits per heavy atom. The van der Waals surface area contributed by atoms with E-state index < -0.39 is 0 Å². The van der Waals surface area contributed by atoms with Gasteiger partial charge in [0.2, 0.25) is 0 Å². The molecule has 0 bridgehead atoms. The summed E-state index contributed by atoms with van der Waals surface area (Å²) >= 11 is 0. The van der Waals surface area contributed by atoms with Crippen LogP contribution in [0.5, 0.6) is 0 Å². The van der Waals surface area contributed by atoms with E-state index in [9.17, 15) is 4.79 Å². The zero-order valence-electron chi connectivity index (χ0n) is 10.3. The molecule has 16 heavy (non-hydrogen) atoms. The van der Waals surface area contributed by atoms with E-state index in [4.69, 9.17) is 4.74 Å². The summed E-state index contributed by atoms with van der Waals surface area (Å²) in [5.41, 5.74) is 0.968. The van der Waals surface area contributed by atoms with Gasteiger partial charge in [-0.1, -0.05) is 13.8 Å². The monoisotopic (exact) mass is 221 g/mol. The van der Waals surface area contributed by atoms with E-state index in [1.54, 1.807) is 12.4 Å². The molecule has 0 aliphatic rings. The van der Waals surface area contributed by atoms with Crippen molar-refractivity contribution in [3.05, 3.63) is 30.1 Å². The molecule has 3 nitrogen and oxygen atoms in total. The van der Waals surface area contributed by atoms with Gasteiger partial charge in [0.1, 0.15) is 0 Å². The van der Waals surface area contributed by atoms with Gasteiger partial charge < -0.3 is 4.74 Å². The molecule has 0 aromatic carbocycles. The third-order valence-electron chi connectivity index (χ3n) is 2.34. The fourth-order valence-corrected chi connectivity index (χ4v) is 1.67. The molecule has 0 spiro atoms. The summed E-state index contributed by atoms with van der Waals surface area (Å²) < 4.78 is 5.27. The van der Waals surface area contributed by atoms with Crippen molar-refractivity contribution in [1.29, 1.82) is 0 Å². The van der Waals surface area contributed by atoms with Gasteiger partial charge in [0, 0.05) is 12.4 Å². The van der Waals surface area contributed by atoms with Crippen molar-refractivity contribution in [2.45, 2.75) is 39.7 Å². The van der Waals surface area contributed by atoms with Crippen molar-refractivity contribution in [3.63, 3.8) is 0 Å². The Labute approximate surface area is 96.8 Å². The Kier molecular flexibility index (Phi) is 4.47. The Hall–Kier alpha value is -1.38. The van der Waals surface area contributed by atoms with Crippen molar-refractivity contribution in [1.82, 2.24) is 4.98 Å². The van der Waals surface area contributed by atoms with Crippen LogP contribution in [0.1, 0.15) is 39.2 Å². The van der Waals surface area contributed by atoms with Crippen LogP contribution in [0, 0.1) is 5.92 Å². The maximum atomic E-state index is 12.0.